The number of halogens is 5. The molecule has 0 fully saturated rings. The van der Waals surface area contributed by atoms with Crippen LogP contribution in [0.1, 0.15) is 28.0 Å². The van der Waals surface area contributed by atoms with Crippen molar-refractivity contribution in [1.82, 2.24) is 4.98 Å². The highest BCUT2D eigenvalue weighted by Gasteiger charge is 2.37. The number of rotatable bonds is 2. The average Bonchev–Trinajstić information content (AvgIpc) is 2.25. The first-order valence-corrected chi connectivity index (χ1v) is 4.42. The number of hydrogen-bond acceptors (Lipinski definition) is 4. The second-order valence-corrected chi connectivity index (χ2v) is 3.14. The fraction of sp³-hybridized carbons (Fsp3) is 0.333. The number of hydrogen-bond donors (Lipinski definition) is 1. The summed E-state index contributed by atoms with van der Waals surface area (Å²) in [6, 6.07) is 0. The van der Waals surface area contributed by atoms with Gasteiger partial charge in [-0.1, -0.05) is 0 Å². The fourth-order valence-electron chi connectivity index (χ4n) is 1.25. The molecule has 1 aromatic rings. The summed E-state index contributed by atoms with van der Waals surface area (Å²) >= 11 is 0. The highest BCUT2D eigenvalue weighted by molar-refractivity contribution is 5.90. The molecular formula is C9H7F5N2O2. The zero-order chi connectivity index (χ0) is 14.1. The molecule has 0 aliphatic heterocycles. The van der Waals surface area contributed by atoms with Gasteiger partial charge in [-0.25, -0.2) is 18.6 Å². The van der Waals surface area contributed by atoms with Crippen molar-refractivity contribution < 1.29 is 31.5 Å². The van der Waals surface area contributed by atoms with Gasteiger partial charge in [-0.15, -0.1) is 0 Å². The normalized spacial score (nSPS) is 11.7. The molecule has 0 radical (unpaired) electrons. The second-order valence-electron chi connectivity index (χ2n) is 3.14. The lowest BCUT2D eigenvalue weighted by Gasteiger charge is -2.15. The molecule has 0 aliphatic rings. The highest BCUT2D eigenvalue weighted by Crippen LogP contribution is 2.38. The van der Waals surface area contributed by atoms with Crippen LogP contribution < -0.4 is 5.73 Å². The van der Waals surface area contributed by atoms with Gasteiger partial charge >= 0.3 is 12.1 Å². The van der Waals surface area contributed by atoms with Crippen LogP contribution in [-0.2, 0) is 10.9 Å². The Bertz CT molecular complexity index is 473. The summed E-state index contributed by atoms with van der Waals surface area (Å²) in [6.07, 6.45) is -8.10. The van der Waals surface area contributed by atoms with Gasteiger partial charge in [0, 0.05) is 6.20 Å². The van der Waals surface area contributed by atoms with E-state index in [-0.39, 0.29) is 6.20 Å². The molecule has 0 amide bonds. The zero-order valence-corrected chi connectivity index (χ0v) is 8.89. The van der Waals surface area contributed by atoms with E-state index in [1.165, 1.54) is 0 Å². The van der Waals surface area contributed by atoms with Gasteiger partial charge in [0.15, 0.2) is 5.69 Å². The standard InChI is InChI=1S/C9H7F5N2O2/c1-18-8(17)6-4(7(10)11)5(15)3(2-16-6)9(12,13)14/h2,7H,1H3,(H2,15,16). The molecule has 100 valence electrons. The number of carbonyl (C=O) groups excluding carboxylic acids is 1. The van der Waals surface area contributed by atoms with Crippen LogP contribution in [0.5, 0.6) is 0 Å². The van der Waals surface area contributed by atoms with Crippen LogP contribution in [0.2, 0.25) is 0 Å². The lowest BCUT2D eigenvalue weighted by Crippen LogP contribution is -2.17. The number of carbonyl (C=O) groups is 1. The molecule has 0 unspecified atom stereocenters. The van der Waals surface area contributed by atoms with Crippen molar-refractivity contribution in [1.29, 1.82) is 0 Å². The number of nitrogens with zero attached hydrogens (tertiary/aromatic N) is 1. The van der Waals surface area contributed by atoms with Crippen LogP contribution in [0.15, 0.2) is 6.20 Å². The fourth-order valence-corrected chi connectivity index (χ4v) is 1.25. The van der Waals surface area contributed by atoms with E-state index >= 15 is 0 Å². The Hall–Kier alpha value is -1.93. The van der Waals surface area contributed by atoms with Crippen LogP contribution in [-0.4, -0.2) is 18.1 Å². The van der Waals surface area contributed by atoms with Gasteiger partial charge in [0.25, 0.3) is 6.43 Å². The number of pyridine rings is 1. The summed E-state index contributed by atoms with van der Waals surface area (Å²) in [5, 5.41) is 0. The Labute approximate surface area is 97.6 Å². The van der Waals surface area contributed by atoms with Crippen LogP contribution >= 0.6 is 0 Å². The van der Waals surface area contributed by atoms with E-state index < -0.39 is 41.1 Å². The number of ether oxygens (including phenoxy) is 1. The average molecular weight is 270 g/mol. The van der Waals surface area contributed by atoms with Gasteiger partial charge in [0.1, 0.15) is 0 Å². The maximum absolute atomic E-state index is 12.7. The van der Waals surface area contributed by atoms with Crippen molar-refractivity contribution in [3.8, 4) is 0 Å². The first-order valence-electron chi connectivity index (χ1n) is 4.42. The Morgan fingerprint density at radius 1 is 1.44 bits per heavy atom. The van der Waals surface area contributed by atoms with Gasteiger partial charge in [-0.2, -0.15) is 13.2 Å². The molecule has 1 aromatic heterocycles. The molecule has 4 nitrogen and oxygen atoms in total. The number of nitrogen functional groups attached to an aromatic ring is 1. The van der Waals surface area contributed by atoms with Gasteiger partial charge in [0.2, 0.25) is 0 Å². The number of alkyl halides is 5. The van der Waals surface area contributed by atoms with Gasteiger partial charge in [0.05, 0.1) is 23.9 Å². The molecule has 1 rings (SSSR count). The third-order valence-electron chi connectivity index (χ3n) is 2.06. The minimum atomic E-state index is -4.94. The first-order chi connectivity index (χ1) is 8.20. The zero-order valence-electron chi connectivity index (χ0n) is 8.89. The summed E-state index contributed by atoms with van der Waals surface area (Å²) in [7, 11) is 0.882. The van der Waals surface area contributed by atoms with Gasteiger partial charge < -0.3 is 10.5 Å². The Morgan fingerprint density at radius 3 is 2.39 bits per heavy atom. The molecule has 0 saturated heterocycles. The molecule has 18 heavy (non-hydrogen) atoms. The van der Waals surface area contributed by atoms with Gasteiger partial charge in [-0.3, -0.25) is 0 Å². The lowest BCUT2D eigenvalue weighted by molar-refractivity contribution is -0.137. The van der Waals surface area contributed by atoms with E-state index in [1.54, 1.807) is 0 Å². The molecule has 2 N–H and O–H groups in total. The van der Waals surface area contributed by atoms with Crippen molar-refractivity contribution in [2.45, 2.75) is 12.6 Å². The highest BCUT2D eigenvalue weighted by atomic mass is 19.4. The molecule has 0 atom stereocenters. The summed E-state index contributed by atoms with van der Waals surface area (Å²) < 4.78 is 66.7. The van der Waals surface area contributed by atoms with Crippen molar-refractivity contribution in [3.05, 3.63) is 23.0 Å². The number of esters is 1. The Kier molecular flexibility index (Phi) is 3.73. The second kappa shape index (κ2) is 4.75. The largest absolute Gasteiger partial charge is 0.464 e. The van der Waals surface area contributed by atoms with Crippen LogP contribution in [0.3, 0.4) is 0 Å². The number of aromatic nitrogens is 1. The Balaban J connectivity index is 3.53. The van der Waals surface area contributed by atoms with Crippen molar-refractivity contribution in [2.24, 2.45) is 0 Å². The number of methoxy groups -OCH3 is 1. The van der Waals surface area contributed by atoms with Gasteiger partial charge in [-0.05, 0) is 0 Å². The summed E-state index contributed by atoms with van der Waals surface area (Å²) in [6.45, 7) is 0. The minimum Gasteiger partial charge on any atom is -0.464 e. The minimum absolute atomic E-state index is 0.216. The maximum atomic E-state index is 12.7. The van der Waals surface area contributed by atoms with E-state index in [1.807, 2.05) is 0 Å². The molecule has 0 saturated carbocycles. The predicted octanol–water partition coefficient (Wildman–Crippen LogP) is 2.41. The monoisotopic (exact) mass is 270 g/mol. The van der Waals surface area contributed by atoms with E-state index in [4.69, 9.17) is 5.73 Å². The summed E-state index contributed by atoms with van der Waals surface area (Å²) in [4.78, 5) is 14.1. The van der Waals surface area contributed by atoms with E-state index in [0.717, 1.165) is 7.11 Å². The molecule has 0 aromatic carbocycles. The van der Waals surface area contributed by atoms with E-state index in [9.17, 15) is 26.7 Å². The van der Waals surface area contributed by atoms with Crippen LogP contribution in [0.25, 0.3) is 0 Å². The molecular weight excluding hydrogens is 263 g/mol. The third-order valence-corrected chi connectivity index (χ3v) is 2.06. The molecule has 0 aliphatic carbocycles. The SMILES string of the molecule is COC(=O)c1ncc(C(F)(F)F)c(N)c1C(F)F. The molecule has 1 heterocycles. The predicted molar refractivity (Wildman–Crippen MR) is 49.9 cm³/mol. The number of anilines is 1. The quantitative estimate of drug-likeness (QED) is 0.662. The first kappa shape index (κ1) is 14.1. The molecule has 9 heteroatoms. The van der Waals surface area contributed by atoms with E-state index in [0.29, 0.717) is 0 Å². The lowest BCUT2D eigenvalue weighted by atomic mass is 10.1. The third kappa shape index (κ3) is 2.49. The van der Waals surface area contributed by atoms with Crippen LogP contribution in [0, 0.1) is 0 Å². The molecule has 0 bridgehead atoms. The topological polar surface area (TPSA) is 65.2 Å². The smallest absolute Gasteiger partial charge is 0.419 e. The summed E-state index contributed by atoms with van der Waals surface area (Å²) in [5.74, 6) is -1.29. The van der Waals surface area contributed by atoms with E-state index in [2.05, 4.69) is 9.72 Å². The van der Waals surface area contributed by atoms with Crippen LogP contribution in [0.4, 0.5) is 27.6 Å². The van der Waals surface area contributed by atoms with Crippen molar-refractivity contribution in [3.63, 3.8) is 0 Å². The number of nitrogens with two attached hydrogens (primary N) is 1. The maximum Gasteiger partial charge on any atom is 0.419 e. The van der Waals surface area contributed by atoms with Crippen molar-refractivity contribution in [2.75, 3.05) is 12.8 Å². The van der Waals surface area contributed by atoms with Crippen molar-refractivity contribution >= 4 is 11.7 Å². The Morgan fingerprint density at radius 2 is 2.00 bits per heavy atom. The molecule has 0 spiro atoms. The summed E-state index contributed by atoms with van der Waals surface area (Å²) in [5.41, 5.74) is 0.0511.